The van der Waals surface area contributed by atoms with Crippen LogP contribution in [0.1, 0.15) is 27.6 Å². The van der Waals surface area contributed by atoms with Gasteiger partial charge in [0.05, 0.1) is 11.1 Å². The second-order valence-corrected chi connectivity index (χ2v) is 6.24. The molecule has 1 N–H and O–H groups in total. The number of benzene rings is 1. The van der Waals surface area contributed by atoms with Crippen LogP contribution in [-0.4, -0.2) is 47.0 Å². The Labute approximate surface area is 155 Å². The first-order chi connectivity index (χ1) is 12.5. The zero-order valence-corrected chi connectivity index (χ0v) is 15.0. The summed E-state index contributed by atoms with van der Waals surface area (Å²) in [4.78, 5) is 49.3. The number of thioether (sulfide) groups is 1. The van der Waals surface area contributed by atoms with Crippen LogP contribution in [0.25, 0.3) is 0 Å². The molecule has 3 amide bonds. The molecule has 8 heteroatoms. The van der Waals surface area contributed by atoms with Crippen molar-refractivity contribution in [3.05, 3.63) is 59.7 Å². The number of esters is 1. The lowest BCUT2D eigenvalue weighted by molar-refractivity contribution is -0.146. The molecule has 0 unspecified atom stereocenters. The van der Waals surface area contributed by atoms with Crippen LogP contribution in [0.5, 0.6) is 0 Å². The number of rotatable bonds is 8. The SMILES string of the molecule is C=CCOC(=O)[C@@H](CS/C=C\NC(C)=O)N1C(=O)c2ccccc2C1=O. The molecule has 0 spiro atoms. The van der Waals surface area contributed by atoms with E-state index in [4.69, 9.17) is 4.74 Å². The lowest BCUT2D eigenvalue weighted by Gasteiger charge is -2.23. The highest BCUT2D eigenvalue weighted by atomic mass is 32.2. The van der Waals surface area contributed by atoms with Crippen molar-refractivity contribution in [3.63, 3.8) is 0 Å². The molecule has 0 saturated carbocycles. The summed E-state index contributed by atoms with van der Waals surface area (Å²) in [6.45, 7) is 4.81. The van der Waals surface area contributed by atoms with Crippen molar-refractivity contribution >= 4 is 35.5 Å². The second-order valence-electron chi connectivity index (χ2n) is 5.30. The van der Waals surface area contributed by atoms with E-state index in [-0.39, 0.29) is 29.4 Å². The summed E-state index contributed by atoms with van der Waals surface area (Å²) in [6.07, 6.45) is 2.82. The highest BCUT2D eigenvalue weighted by Crippen LogP contribution is 2.26. The minimum absolute atomic E-state index is 0.0229. The maximum absolute atomic E-state index is 12.6. The number of ether oxygens (including phenoxy) is 1. The van der Waals surface area contributed by atoms with E-state index in [1.807, 2.05) is 0 Å². The Hall–Kier alpha value is -2.87. The third-order valence-corrected chi connectivity index (χ3v) is 4.29. The van der Waals surface area contributed by atoms with Crippen LogP contribution in [0.4, 0.5) is 0 Å². The summed E-state index contributed by atoms with van der Waals surface area (Å²) < 4.78 is 5.05. The van der Waals surface area contributed by atoms with E-state index in [0.29, 0.717) is 0 Å². The van der Waals surface area contributed by atoms with Crippen LogP contribution in [0.15, 0.2) is 48.5 Å². The van der Waals surface area contributed by atoms with Crippen molar-refractivity contribution in [1.29, 1.82) is 0 Å². The van der Waals surface area contributed by atoms with Crippen LogP contribution in [0.3, 0.4) is 0 Å². The molecule has 1 aliphatic rings. The number of nitrogens with one attached hydrogen (secondary N) is 1. The van der Waals surface area contributed by atoms with E-state index >= 15 is 0 Å². The van der Waals surface area contributed by atoms with Gasteiger partial charge in [-0.25, -0.2) is 4.79 Å². The lowest BCUT2D eigenvalue weighted by atomic mass is 10.1. The van der Waals surface area contributed by atoms with Crippen molar-refractivity contribution in [2.75, 3.05) is 12.4 Å². The second kappa shape index (κ2) is 9.00. The van der Waals surface area contributed by atoms with Gasteiger partial charge in [-0.15, -0.1) is 11.8 Å². The first-order valence-corrected chi connectivity index (χ1v) is 8.80. The number of fused-ring (bicyclic) bond motifs is 1. The maximum Gasteiger partial charge on any atom is 0.330 e. The van der Waals surface area contributed by atoms with E-state index in [0.717, 1.165) is 4.90 Å². The first-order valence-electron chi connectivity index (χ1n) is 7.75. The zero-order valence-electron chi connectivity index (χ0n) is 14.1. The third-order valence-electron chi connectivity index (χ3n) is 3.46. The molecule has 7 nitrogen and oxygen atoms in total. The summed E-state index contributed by atoms with van der Waals surface area (Å²) in [5.41, 5.74) is 0.524. The fourth-order valence-corrected chi connectivity index (χ4v) is 3.07. The summed E-state index contributed by atoms with van der Waals surface area (Å²) in [7, 11) is 0. The van der Waals surface area contributed by atoms with Gasteiger partial charge in [0.15, 0.2) is 0 Å². The van der Waals surface area contributed by atoms with Gasteiger partial charge in [-0.3, -0.25) is 19.3 Å². The number of hydrogen-bond acceptors (Lipinski definition) is 6. The Morgan fingerprint density at radius 3 is 2.42 bits per heavy atom. The van der Waals surface area contributed by atoms with Gasteiger partial charge < -0.3 is 10.1 Å². The molecule has 0 fully saturated rings. The standard InChI is InChI=1S/C18H18N2O5S/c1-3-9-25-18(24)15(11-26-10-8-19-12(2)21)20-16(22)13-6-4-5-7-14(13)17(20)23/h3-8,10,15H,1,9,11H2,2H3,(H,19,21)/b10-8-/t15-/m1/s1. The number of amides is 3. The quantitative estimate of drug-likeness (QED) is 0.423. The molecule has 0 aliphatic carbocycles. The molecule has 0 saturated heterocycles. The van der Waals surface area contributed by atoms with E-state index in [2.05, 4.69) is 11.9 Å². The summed E-state index contributed by atoms with van der Waals surface area (Å²) in [5, 5.41) is 4.03. The Morgan fingerprint density at radius 2 is 1.88 bits per heavy atom. The highest BCUT2D eigenvalue weighted by Gasteiger charge is 2.43. The van der Waals surface area contributed by atoms with E-state index in [1.54, 1.807) is 29.7 Å². The van der Waals surface area contributed by atoms with Crippen molar-refractivity contribution < 1.29 is 23.9 Å². The van der Waals surface area contributed by atoms with Gasteiger partial charge in [-0.05, 0) is 17.5 Å². The predicted molar refractivity (Wildman–Crippen MR) is 97.3 cm³/mol. The van der Waals surface area contributed by atoms with Gasteiger partial charge in [-0.1, -0.05) is 24.8 Å². The molecule has 1 aliphatic heterocycles. The molecule has 0 aromatic heterocycles. The Kier molecular flexibility index (Phi) is 6.74. The topological polar surface area (TPSA) is 92.8 Å². The first kappa shape index (κ1) is 19.5. The molecule has 1 aromatic rings. The van der Waals surface area contributed by atoms with E-state index in [9.17, 15) is 19.2 Å². The fraction of sp³-hybridized carbons (Fsp3) is 0.222. The number of imide groups is 1. The van der Waals surface area contributed by atoms with Gasteiger partial charge in [0, 0.05) is 18.9 Å². The van der Waals surface area contributed by atoms with Gasteiger partial charge in [-0.2, -0.15) is 0 Å². The normalized spacial score (nSPS) is 14.3. The monoisotopic (exact) mass is 374 g/mol. The smallest absolute Gasteiger partial charge is 0.330 e. The fourth-order valence-electron chi connectivity index (χ4n) is 2.32. The summed E-state index contributed by atoms with van der Waals surface area (Å²) >= 11 is 1.17. The van der Waals surface area contributed by atoms with Gasteiger partial charge >= 0.3 is 5.97 Å². The van der Waals surface area contributed by atoms with Crippen LogP contribution in [-0.2, 0) is 14.3 Å². The molecular weight excluding hydrogens is 356 g/mol. The zero-order chi connectivity index (χ0) is 19.1. The van der Waals surface area contributed by atoms with Crippen molar-refractivity contribution in [1.82, 2.24) is 10.2 Å². The highest BCUT2D eigenvalue weighted by molar-refractivity contribution is 8.02. The van der Waals surface area contributed by atoms with Gasteiger partial charge in [0.2, 0.25) is 5.91 Å². The van der Waals surface area contributed by atoms with Crippen LogP contribution >= 0.6 is 11.8 Å². The Bertz CT molecular complexity index is 740. The number of nitrogens with zero attached hydrogens (tertiary/aromatic N) is 1. The molecule has 136 valence electrons. The molecular formula is C18H18N2O5S. The lowest BCUT2D eigenvalue weighted by Crippen LogP contribution is -2.47. The molecule has 1 aromatic carbocycles. The molecule has 26 heavy (non-hydrogen) atoms. The molecule has 2 rings (SSSR count). The largest absolute Gasteiger partial charge is 0.460 e. The number of hydrogen-bond donors (Lipinski definition) is 1. The van der Waals surface area contributed by atoms with Crippen molar-refractivity contribution in [3.8, 4) is 0 Å². The van der Waals surface area contributed by atoms with Gasteiger partial charge in [0.1, 0.15) is 12.6 Å². The average Bonchev–Trinajstić information content (AvgIpc) is 2.87. The third kappa shape index (κ3) is 4.40. The molecule has 0 bridgehead atoms. The summed E-state index contributed by atoms with van der Waals surface area (Å²) in [5.74, 6) is -1.89. The van der Waals surface area contributed by atoms with E-state index in [1.165, 1.54) is 31.0 Å². The minimum atomic E-state index is -1.09. The average molecular weight is 374 g/mol. The molecule has 1 atom stereocenters. The Morgan fingerprint density at radius 1 is 1.27 bits per heavy atom. The van der Waals surface area contributed by atoms with Gasteiger partial charge in [0.25, 0.3) is 11.8 Å². The molecule has 0 radical (unpaired) electrons. The summed E-state index contributed by atoms with van der Waals surface area (Å²) in [6, 6.07) is 5.32. The predicted octanol–water partition coefficient (Wildman–Crippen LogP) is 1.72. The maximum atomic E-state index is 12.6. The van der Waals surface area contributed by atoms with Crippen molar-refractivity contribution in [2.45, 2.75) is 13.0 Å². The van der Waals surface area contributed by atoms with Crippen LogP contribution < -0.4 is 5.32 Å². The Balaban J connectivity index is 2.18. The van der Waals surface area contributed by atoms with Crippen LogP contribution in [0.2, 0.25) is 0 Å². The molecule has 1 heterocycles. The number of carbonyl (C=O) groups excluding carboxylic acids is 4. The van der Waals surface area contributed by atoms with Crippen molar-refractivity contribution in [2.24, 2.45) is 0 Å². The number of carbonyl (C=O) groups is 4. The van der Waals surface area contributed by atoms with Crippen LogP contribution in [0, 0.1) is 0 Å². The van der Waals surface area contributed by atoms with E-state index < -0.39 is 23.8 Å². The minimum Gasteiger partial charge on any atom is -0.460 e.